The third-order valence-electron chi connectivity index (χ3n) is 5.41. The van der Waals surface area contributed by atoms with Gasteiger partial charge in [-0.3, -0.25) is 14.9 Å². The molecule has 0 bridgehead atoms. The molecule has 0 aliphatic carbocycles. The fourth-order valence-electron chi connectivity index (χ4n) is 3.74. The smallest absolute Gasteiger partial charge is 0.269 e. The number of anilines is 1. The van der Waals surface area contributed by atoms with Crippen LogP contribution in [0.25, 0.3) is 16.9 Å². The first-order valence-corrected chi connectivity index (χ1v) is 10.0. The summed E-state index contributed by atoms with van der Waals surface area (Å²) >= 11 is 0. The number of para-hydroxylation sites is 1. The molecule has 3 heterocycles. The zero-order valence-electron chi connectivity index (χ0n) is 16.9. The summed E-state index contributed by atoms with van der Waals surface area (Å²) in [4.78, 5) is 35.7. The summed E-state index contributed by atoms with van der Waals surface area (Å²) in [5, 5.41) is 19.4. The van der Waals surface area contributed by atoms with E-state index in [2.05, 4.69) is 25.2 Å². The van der Waals surface area contributed by atoms with Crippen molar-refractivity contribution in [3.05, 3.63) is 76.6 Å². The molecular weight excluding hydrogens is 412 g/mol. The van der Waals surface area contributed by atoms with E-state index in [9.17, 15) is 14.9 Å². The number of fused-ring (bicyclic) bond motifs is 1. The molecule has 5 rings (SSSR count). The lowest BCUT2D eigenvalue weighted by atomic mass is 10.1. The van der Waals surface area contributed by atoms with Gasteiger partial charge in [-0.1, -0.05) is 23.4 Å². The number of non-ortho nitro benzene ring substituents is 1. The van der Waals surface area contributed by atoms with Crippen LogP contribution in [0.5, 0.6) is 0 Å². The van der Waals surface area contributed by atoms with Gasteiger partial charge in [0.25, 0.3) is 11.6 Å². The van der Waals surface area contributed by atoms with Crippen LogP contribution in [0.1, 0.15) is 10.4 Å². The Balaban J connectivity index is 1.33. The average Bonchev–Trinajstić information content (AvgIpc) is 3.29. The summed E-state index contributed by atoms with van der Waals surface area (Å²) in [6.07, 6.45) is 1.49. The van der Waals surface area contributed by atoms with Crippen molar-refractivity contribution in [1.82, 2.24) is 29.9 Å². The predicted octanol–water partition coefficient (Wildman–Crippen LogP) is 2.08. The van der Waals surface area contributed by atoms with E-state index in [0.29, 0.717) is 48.7 Å². The first-order valence-electron chi connectivity index (χ1n) is 10.0. The largest absolute Gasteiger partial charge is 0.351 e. The lowest BCUT2D eigenvalue weighted by Crippen LogP contribution is -2.49. The molecule has 11 nitrogen and oxygen atoms in total. The molecule has 1 saturated heterocycles. The van der Waals surface area contributed by atoms with Gasteiger partial charge in [0.2, 0.25) is 0 Å². The van der Waals surface area contributed by atoms with Crippen LogP contribution in [-0.4, -0.2) is 66.9 Å². The minimum Gasteiger partial charge on any atom is -0.351 e. The Kier molecular flexibility index (Phi) is 4.90. The van der Waals surface area contributed by atoms with E-state index in [-0.39, 0.29) is 11.6 Å². The minimum atomic E-state index is -0.483. The van der Waals surface area contributed by atoms with E-state index in [4.69, 9.17) is 0 Å². The van der Waals surface area contributed by atoms with Gasteiger partial charge < -0.3 is 9.80 Å². The van der Waals surface area contributed by atoms with Crippen molar-refractivity contribution in [3.8, 4) is 5.69 Å². The van der Waals surface area contributed by atoms with Crippen molar-refractivity contribution in [2.75, 3.05) is 31.1 Å². The molecule has 160 valence electrons. The van der Waals surface area contributed by atoms with Gasteiger partial charge in [0, 0.05) is 43.9 Å². The molecule has 4 aromatic rings. The standard InChI is InChI=1S/C21H18N8O3/c30-21(15-6-8-17(9-7-15)29(31)32)27-12-10-26(11-13-27)19-18-20(23-14-22-19)28(25-24-18)16-4-2-1-3-5-16/h1-9,14H,10-13H2. The maximum Gasteiger partial charge on any atom is 0.269 e. The Labute approximate surface area is 182 Å². The number of carbonyl (C=O) groups is 1. The number of rotatable bonds is 4. The van der Waals surface area contributed by atoms with E-state index in [1.165, 1.54) is 30.6 Å². The Morgan fingerprint density at radius 3 is 2.34 bits per heavy atom. The highest BCUT2D eigenvalue weighted by atomic mass is 16.6. The zero-order chi connectivity index (χ0) is 22.1. The number of hydrogen-bond acceptors (Lipinski definition) is 8. The number of aromatic nitrogens is 5. The van der Waals surface area contributed by atoms with Crippen molar-refractivity contribution in [3.63, 3.8) is 0 Å². The molecule has 2 aromatic carbocycles. The van der Waals surface area contributed by atoms with Gasteiger partial charge in [0.15, 0.2) is 17.0 Å². The molecule has 1 aliphatic rings. The number of amides is 1. The van der Waals surface area contributed by atoms with Crippen LogP contribution in [-0.2, 0) is 0 Å². The number of hydrogen-bond donors (Lipinski definition) is 0. The van der Waals surface area contributed by atoms with Crippen molar-refractivity contribution < 1.29 is 9.72 Å². The third-order valence-corrected chi connectivity index (χ3v) is 5.41. The number of piperazine rings is 1. The van der Waals surface area contributed by atoms with E-state index < -0.39 is 4.92 Å². The Bertz CT molecular complexity index is 1280. The van der Waals surface area contributed by atoms with Crippen LogP contribution in [0.2, 0.25) is 0 Å². The van der Waals surface area contributed by atoms with Crippen molar-refractivity contribution in [2.24, 2.45) is 0 Å². The molecular formula is C21H18N8O3. The molecule has 0 radical (unpaired) electrons. The minimum absolute atomic E-state index is 0.0392. The highest BCUT2D eigenvalue weighted by Gasteiger charge is 2.25. The maximum absolute atomic E-state index is 12.8. The van der Waals surface area contributed by atoms with Gasteiger partial charge in [0.05, 0.1) is 10.6 Å². The van der Waals surface area contributed by atoms with Crippen LogP contribution >= 0.6 is 0 Å². The molecule has 0 atom stereocenters. The number of nitrogens with zero attached hydrogens (tertiary/aromatic N) is 8. The number of carbonyl (C=O) groups excluding carboxylic acids is 1. The number of nitro groups is 1. The van der Waals surface area contributed by atoms with Gasteiger partial charge in [-0.2, -0.15) is 4.68 Å². The van der Waals surface area contributed by atoms with Gasteiger partial charge in [-0.05, 0) is 24.3 Å². The van der Waals surface area contributed by atoms with E-state index >= 15 is 0 Å². The van der Waals surface area contributed by atoms with Crippen LogP contribution in [0.3, 0.4) is 0 Å². The summed E-state index contributed by atoms with van der Waals surface area (Å²) < 4.78 is 1.68. The Morgan fingerprint density at radius 2 is 1.66 bits per heavy atom. The van der Waals surface area contributed by atoms with Crippen molar-refractivity contribution in [2.45, 2.75) is 0 Å². The second-order valence-electron chi connectivity index (χ2n) is 7.29. The SMILES string of the molecule is O=C(c1ccc([N+](=O)[O-])cc1)N1CCN(c2ncnc3c2nnn3-c2ccccc2)CC1. The Hall–Kier alpha value is -4.41. The second-order valence-corrected chi connectivity index (χ2v) is 7.29. The summed E-state index contributed by atoms with van der Waals surface area (Å²) in [5.74, 6) is 0.530. The van der Waals surface area contributed by atoms with Crippen LogP contribution in [0.4, 0.5) is 11.5 Å². The van der Waals surface area contributed by atoms with E-state index in [1.54, 1.807) is 9.58 Å². The summed E-state index contributed by atoms with van der Waals surface area (Å²) in [7, 11) is 0. The average molecular weight is 430 g/mol. The first-order chi connectivity index (χ1) is 15.6. The molecule has 1 aliphatic heterocycles. The lowest BCUT2D eigenvalue weighted by molar-refractivity contribution is -0.384. The van der Waals surface area contributed by atoms with Crippen LogP contribution in [0.15, 0.2) is 60.9 Å². The van der Waals surface area contributed by atoms with Gasteiger partial charge >= 0.3 is 0 Å². The summed E-state index contributed by atoms with van der Waals surface area (Å²) in [6.45, 7) is 2.13. The van der Waals surface area contributed by atoms with Crippen LogP contribution in [0, 0.1) is 10.1 Å². The predicted molar refractivity (Wildman–Crippen MR) is 116 cm³/mol. The normalized spacial score (nSPS) is 14.0. The Morgan fingerprint density at radius 1 is 0.938 bits per heavy atom. The lowest BCUT2D eigenvalue weighted by Gasteiger charge is -2.35. The molecule has 0 spiro atoms. The fourth-order valence-corrected chi connectivity index (χ4v) is 3.74. The van der Waals surface area contributed by atoms with E-state index in [0.717, 1.165) is 5.69 Å². The van der Waals surface area contributed by atoms with Crippen molar-refractivity contribution >= 4 is 28.6 Å². The molecule has 1 fully saturated rings. The number of nitro benzene ring substituents is 1. The topological polar surface area (TPSA) is 123 Å². The second kappa shape index (κ2) is 8.02. The summed E-state index contributed by atoms with van der Waals surface area (Å²) in [5.41, 5.74) is 2.47. The monoisotopic (exact) mass is 430 g/mol. The van der Waals surface area contributed by atoms with Gasteiger partial charge in [-0.25, -0.2) is 9.97 Å². The molecule has 0 N–H and O–H groups in total. The molecule has 32 heavy (non-hydrogen) atoms. The number of benzene rings is 2. The van der Waals surface area contributed by atoms with Crippen molar-refractivity contribution in [1.29, 1.82) is 0 Å². The van der Waals surface area contributed by atoms with Crippen LogP contribution < -0.4 is 4.90 Å². The molecule has 0 saturated carbocycles. The highest BCUT2D eigenvalue weighted by Crippen LogP contribution is 2.24. The van der Waals surface area contributed by atoms with Gasteiger partial charge in [0.1, 0.15) is 6.33 Å². The third kappa shape index (κ3) is 3.49. The first kappa shape index (κ1) is 19.5. The molecule has 0 unspecified atom stereocenters. The summed E-state index contributed by atoms with van der Waals surface area (Å²) in [6, 6.07) is 15.3. The molecule has 1 amide bonds. The van der Waals surface area contributed by atoms with Gasteiger partial charge in [-0.15, -0.1) is 5.10 Å². The zero-order valence-corrected chi connectivity index (χ0v) is 16.9. The molecule has 11 heteroatoms. The maximum atomic E-state index is 12.8. The highest BCUT2D eigenvalue weighted by molar-refractivity contribution is 5.94. The molecule has 2 aromatic heterocycles. The fraction of sp³-hybridized carbons (Fsp3) is 0.190. The quantitative estimate of drug-likeness (QED) is 0.356. The van der Waals surface area contributed by atoms with E-state index in [1.807, 2.05) is 30.3 Å².